The lowest BCUT2D eigenvalue weighted by atomic mass is 9.97. The van der Waals surface area contributed by atoms with E-state index in [1.807, 2.05) is 66.7 Å². The van der Waals surface area contributed by atoms with Gasteiger partial charge >= 0.3 is 0 Å². The summed E-state index contributed by atoms with van der Waals surface area (Å²) in [5.74, 6) is 0.546. The lowest BCUT2D eigenvalue weighted by Gasteiger charge is -2.13. The van der Waals surface area contributed by atoms with E-state index in [2.05, 4.69) is 102 Å². The van der Waals surface area contributed by atoms with Gasteiger partial charge in [-0.15, -0.1) is 0 Å². The van der Waals surface area contributed by atoms with Gasteiger partial charge in [-0.3, -0.25) is 0 Å². The Balaban J connectivity index is 1.26. The van der Waals surface area contributed by atoms with E-state index in [4.69, 9.17) is 14.4 Å². The monoisotopic (exact) mass is 638 g/mol. The molecule has 0 atom stereocenters. The number of nitriles is 1. The summed E-state index contributed by atoms with van der Waals surface area (Å²) in [6.45, 7) is 0. The summed E-state index contributed by atoms with van der Waals surface area (Å²) >= 11 is 0. The zero-order valence-corrected chi connectivity index (χ0v) is 26.7. The van der Waals surface area contributed by atoms with Crippen LogP contribution >= 0.6 is 0 Å². The van der Waals surface area contributed by atoms with Crippen molar-refractivity contribution in [2.75, 3.05) is 0 Å². The number of hydrogen-bond donors (Lipinski definition) is 0. The highest BCUT2D eigenvalue weighted by Crippen LogP contribution is 2.42. The van der Waals surface area contributed by atoms with Crippen molar-refractivity contribution in [3.63, 3.8) is 0 Å². The summed E-state index contributed by atoms with van der Waals surface area (Å²) < 4.78 is 9.09. The van der Waals surface area contributed by atoms with Crippen LogP contribution in [0.5, 0.6) is 0 Å². The SMILES string of the molecule is N#Cc1c(-c2ccc3ccccc3c2)nc(-c2ccccc2)nc1-c1cccc2c1oc1cc3c4ccccc4n(-c4ccccc4)c3cc12. The van der Waals surface area contributed by atoms with Gasteiger partial charge in [-0.2, -0.15) is 5.26 Å². The largest absolute Gasteiger partial charge is 0.455 e. The normalized spacial score (nSPS) is 11.6. The number of aromatic nitrogens is 3. The quantitative estimate of drug-likeness (QED) is 0.192. The van der Waals surface area contributed by atoms with Crippen molar-refractivity contribution < 1.29 is 4.42 Å². The van der Waals surface area contributed by atoms with Crippen LogP contribution < -0.4 is 0 Å². The van der Waals surface area contributed by atoms with Crippen LogP contribution in [-0.4, -0.2) is 14.5 Å². The number of rotatable bonds is 4. The van der Waals surface area contributed by atoms with Crippen LogP contribution in [0.25, 0.3) is 94.1 Å². The van der Waals surface area contributed by atoms with Crippen molar-refractivity contribution in [2.24, 2.45) is 0 Å². The third kappa shape index (κ3) is 4.26. The number of furan rings is 1. The molecule has 10 rings (SSSR count). The molecule has 0 radical (unpaired) electrons. The predicted molar refractivity (Wildman–Crippen MR) is 202 cm³/mol. The second kappa shape index (κ2) is 11.0. The minimum atomic E-state index is 0.402. The van der Waals surface area contributed by atoms with E-state index >= 15 is 0 Å². The standard InChI is InChI=1S/C45H26N4O/c46-27-38-42(31-23-22-28-12-7-8-15-30(28)24-31)47-45(29-13-3-1-4-14-29)48-43(38)35-20-11-19-34-37-25-40-36(26-41(37)50-44(34)35)33-18-9-10-21-39(33)49(40)32-16-5-2-6-17-32/h1-26H. The summed E-state index contributed by atoms with van der Waals surface area (Å²) in [5, 5.41) is 17.2. The van der Waals surface area contributed by atoms with Crippen LogP contribution in [-0.2, 0) is 0 Å². The van der Waals surface area contributed by atoms with Gasteiger partial charge in [0.1, 0.15) is 22.8 Å². The lowest BCUT2D eigenvalue weighted by molar-refractivity contribution is 0.670. The second-order valence-corrected chi connectivity index (χ2v) is 12.5. The van der Waals surface area contributed by atoms with Gasteiger partial charge in [0.05, 0.1) is 22.4 Å². The fourth-order valence-corrected chi connectivity index (χ4v) is 7.32. The highest BCUT2D eigenvalue weighted by Gasteiger charge is 2.23. The molecule has 0 spiro atoms. The molecular formula is C45H26N4O. The van der Waals surface area contributed by atoms with Crippen LogP contribution in [0.4, 0.5) is 0 Å². The number of benzene rings is 7. The Morgan fingerprint density at radius 1 is 0.520 bits per heavy atom. The van der Waals surface area contributed by atoms with E-state index in [9.17, 15) is 5.26 Å². The molecule has 0 bridgehead atoms. The molecule has 0 saturated heterocycles. The molecule has 0 aliphatic carbocycles. The van der Waals surface area contributed by atoms with Crippen molar-refractivity contribution >= 4 is 54.5 Å². The second-order valence-electron chi connectivity index (χ2n) is 12.5. The first kappa shape index (κ1) is 28.0. The topological polar surface area (TPSA) is 67.6 Å². The Hall–Kier alpha value is -7.03. The van der Waals surface area contributed by atoms with E-state index in [0.29, 0.717) is 28.4 Å². The van der Waals surface area contributed by atoms with Crippen molar-refractivity contribution in [2.45, 2.75) is 0 Å². The fraction of sp³-hybridized carbons (Fsp3) is 0. The van der Waals surface area contributed by atoms with E-state index < -0.39 is 0 Å². The molecule has 3 heterocycles. The first-order valence-electron chi connectivity index (χ1n) is 16.6. The molecule has 0 amide bonds. The van der Waals surface area contributed by atoms with E-state index in [1.165, 1.54) is 0 Å². The first-order valence-corrected chi connectivity index (χ1v) is 16.6. The molecule has 5 nitrogen and oxygen atoms in total. The Morgan fingerprint density at radius 3 is 2.08 bits per heavy atom. The average molecular weight is 639 g/mol. The molecule has 5 heteroatoms. The lowest BCUT2D eigenvalue weighted by Crippen LogP contribution is -2.01. The molecule has 50 heavy (non-hydrogen) atoms. The molecule has 7 aromatic carbocycles. The summed E-state index contributed by atoms with van der Waals surface area (Å²) in [7, 11) is 0. The highest BCUT2D eigenvalue weighted by atomic mass is 16.3. The Labute approximate surface area is 286 Å². The van der Waals surface area contributed by atoms with Crippen LogP contribution in [0.15, 0.2) is 162 Å². The summed E-state index contributed by atoms with van der Waals surface area (Å²) in [5.41, 5.74) is 8.80. The molecule has 0 aliphatic heterocycles. The van der Waals surface area contributed by atoms with E-state index in [-0.39, 0.29) is 0 Å². The molecule has 0 unspecified atom stereocenters. The molecule has 232 valence electrons. The van der Waals surface area contributed by atoms with Gasteiger partial charge in [0.2, 0.25) is 0 Å². The highest BCUT2D eigenvalue weighted by molar-refractivity contribution is 6.18. The summed E-state index contributed by atoms with van der Waals surface area (Å²) in [4.78, 5) is 10.1. The number of nitrogens with zero attached hydrogens (tertiary/aromatic N) is 4. The summed E-state index contributed by atoms with van der Waals surface area (Å²) in [6.07, 6.45) is 0. The Kier molecular flexibility index (Phi) is 6.17. The molecule has 0 aliphatic rings. The van der Waals surface area contributed by atoms with Crippen LogP contribution in [0.1, 0.15) is 5.56 Å². The fourth-order valence-electron chi connectivity index (χ4n) is 7.32. The van der Waals surface area contributed by atoms with Gasteiger partial charge in [-0.1, -0.05) is 115 Å². The zero-order chi connectivity index (χ0) is 33.2. The smallest absolute Gasteiger partial charge is 0.160 e. The third-order valence-corrected chi connectivity index (χ3v) is 9.64. The predicted octanol–water partition coefficient (Wildman–Crippen LogP) is 11.5. The number of fused-ring (bicyclic) bond motifs is 7. The average Bonchev–Trinajstić information content (AvgIpc) is 3.71. The molecule has 0 fully saturated rings. The maximum Gasteiger partial charge on any atom is 0.160 e. The molecule has 0 N–H and O–H groups in total. The Bertz CT molecular complexity index is 2990. The van der Waals surface area contributed by atoms with Crippen molar-refractivity contribution in [3.05, 3.63) is 163 Å². The van der Waals surface area contributed by atoms with Gasteiger partial charge < -0.3 is 8.98 Å². The summed E-state index contributed by atoms with van der Waals surface area (Å²) in [6, 6.07) is 56.2. The van der Waals surface area contributed by atoms with Crippen molar-refractivity contribution in [1.29, 1.82) is 5.26 Å². The van der Waals surface area contributed by atoms with E-state index in [0.717, 1.165) is 71.3 Å². The number of hydrogen-bond acceptors (Lipinski definition) is 4. The van der Waals surface area contributed by atoms with Crippen molar-refractivity contribution in [3.8, 4) is 45.7 Å². The van der Waals surface area contributed by atoms with Crippen LogP contribution in [0.2, 0.25) is 0 Å². The first-order chi connectivity index (χ1) is 24.7. The van der Waals surface area contributed by atoms with Gasteiger partial charge in [-0.25, -0.2) is 9.97 Å². The van der Waals surface area contributed by atoms with Crippen molar-refractivity contribution in [1.82, 2.24) is 14.5 Å². The molecule has 10 aromatic rings. The third-order valence-electron chi connectivity index (χ3n) is 9.64. The van der Waals surface area contributed by atoms with Crippen LogP contribution in [0, 0.1) is 11.3 Å². The molecule has 0 saturated carbocycles. The van der Waals surface area contributed by atoms with Gasteiger partial charge in [0.15, 0.2) is 5.82 Å². The molecule has 3 aromatic heterocycles. The zero-order valence-electron chi connectivity index (χ0n) is 26.7. The maximum absolute atomic E-state index is 10.8. The minimum absolute atomic E-state index is 0.402. The van der Waals surface area contributed by atoms with Gasteiger partial charge in [0, 0.05) is 43.9 Å². The van der Waals surface area contributed by atoms with Crippen LogP contribution in [0.3, 0.4) is 0 Å². The van der Waals surface area contributed by atoms with E-state index in [1.54, 1.807) is 0 Å². The Morgan fingerprint density at radius 2 is 1.24 bits per heavy atom. The number of para-hydroxylation sites is 3. The van der Waals surface area contributed by atoms with Gasteiger partial charge in [0.25, 0.3) is 0 Å². The minimum Gasteiger partial charge on any atom is -0.455 e. The maximum atomic E-state index is 10.8. The molecular weight excluding hydrogens is 613 g/mol. The van der Waals surface area contributed by atoms with Gasteiger partial charge in [-0.05, 0) is 53.2 Å².